The summed E-state index contributed by atoms with van der Waals surface area (Å²) in [7, 11) is 0. The fourth-order valence-electron chi connectivity index (χ4n) is 1.66. The minimum absolute atomic E-state index is 0.161. The fraction of sp³-hybridized carbons (Fsp3) is 0.214. The molecule has 0 spiro atoms. The van der Waals surface area contributed by atoms with E-state index in [0.717, 1.165) is 16.8 Å². The van der Waals surface area contributed by atoms with E-state index in [0.29, 0.717) is 12.1 Å². The number of rotatable bonds is 3. The van der Waals surface area contributed by atoms with Gasteiger partial charge in [-0.2, -0.15) is 0 Å². The number of anilines is 1. The van der Waals surface area contributed by atoms with E-state index in [1.54, 1.807) is 25.4 Å². The summed E-state index contributed by atoms with van der Waals surface area (Å²) < 4.78 is 13.1. The molecule has 0 aliphatic carbocycles. The van der Waals surface area contributed by atoms with Crippen molar-refractivity contribution in [2.45, 2.75) is 20.4 Å². The van der Waals surface area contributed by atoms with Crippen LogP contribution in [0.25, 0.3) is 0 Å². The van der Waals surface area contributed by atoms with E-state index in [1.165, 1.54) is 6.07 Å². The molecule has 1 aromatic heterocycles. The number of benzene rings is 1. The summed E-state index contributed by atoms with van der Waals surface area (Å²) in [4.78, 5) is 4.07. The molecule has 2 aromatic rings. The summed E-state index contributed by atoms with van der Waals surface area (Å²) >= 11 is 0. The molecule has 0 radical (unpaired) electrons. The average molecular weight is 230 g/mol. The minimum atomic E-state index is -0.161. The number of halogens is 1. The second-order valence-electron chi connectivity index (χ2n) is 4.13. The number of aromatic nitrogens is 1. The maximum absolute atomic E-state index is 13.1. The molecular weight excluding hydrogens is 215 g/mol. The Morgan fingerprint density at radius 2 is 2.00 bits per heavy atom. The molecule has 3 heteroatoms. The maximum atomic E-state index is 13.1. The van der Waals surface area contributed by atoms with Crippen LogP contribution in [0.4, 0.5) is 10.1 Å². The van der Waals surface area contributed by atoms with Crippen molar-refractivity contribution < 1.29 is 4.39 Å². The number of nitrogens with one attached hydrogen (secondary N) is 1. The lowest BCUT2D eigenvalue weighted by Crippen LogP contribution is -2.02. The molecular formula is C14H15FN2. The maximum Gasteiger partial charge on any atom is 0.126 e. The van der Waals surface area contributed by atoms with Gasteiger partial charge in [0, 0.05) is 12.7 Å². The highest BCUT2D eigenvalue weighted by Gasteiger charge is 2.00. The van der Waals surface area contributed by atoms with Crippen LogP contribution in [0.1, 0.15) is 16.7 Å². The first-order valence-electron chi connectivity index (χ1n) is 5.56. The summed E-state index contributed by atoms with van der Waals surface area (Å²) in [6, 6.07) is 7.11. The third-order valence-corrected chi connectivity index (χ3v) is 2.74. The molecule has 0 saturated heterocycles. The second-order valence-corrected chi connectivity index (χ2v) is 4.13. The van der Waals surface area contributed by atoms with Crippen LogP contribution in [0.3, 0.4) is 0 Å². The summed E-state index contributed by atoms with van der Waals surface area (Å²) in [5, 5.41) is 3.29. The van der Waals surface area contributed by atoms with Crippen molar-refractivity contribution in [2.75, 3.05) is 5.32 Å². The molecule has 17 heavy (non-hydrogen) atoms. The van der Waals surface area contributed by atoms with Gasteiger partial charge in [0.25, 0.3) is 0 Å². The smallest absolute Gasteiger partial charge is 0.126 e. The summed E-state index contributed by atoms with van der Waals surface area (Å²) in [5.41, 5.74) is 3.90. The van der Waals surface area contributed by atoms with Crippen molar-refractivity contribution in [3.05, 3.63) is 59.2 Å². The lowest BCUT2D eigenvalue weighted by Gasteiger charge is -2.09. The Labute approximate surface area is 101 Å². The standard InChI is InChI=1S/C14H15FN2/c1-10-5-6-16-9-14(10)17-8-12-3-4-13(15)11(2)7-12/h3-7,9,17H,8H2,1-2H3. The third-order valence-electron chi connectivity index (χ3n) is 2.74. The normalized spacial score (nSPS) is 10.3. The first-order chi connectivity index (χ1) is 8.16. The van der Waals surface area contributed by atoms with Gasteiger partial charge in [-0.05, 0) is 42.7 Å². The highest BCUT2D eigenvalue weighted by molar-refractivity contribution is 5.48. The van der Waals surface area contributed by atoms with Gasteiger partial charge >= 0.3 is 0 Å². The molecule has 1 N–H and O–H groups in total. The number of hydrogen-bond donors (Lipinski definition) is 1. The van der Waals surface area contributed by atoms with Crippen LogP contribution in [0.2, 0.25) is 0 Å². The van der Waals surface area contributed by atoms with E-state index in [4.69, 9.17) is 0 Å². The van der Waals surface area contributed by atoms with Gasteiger partial charge in [0.05, 0.1) is 11.9 Å². The predicted molar refractivity (Wildman–Crippen MR) is 67.4 cm³/mol. The van der Waals surface area contributed by atoms with Crippen molar-refractivity contribution in [2.24, 2.45) is 0 Å². The monoisotopic (exact) mass is 230 g/mol. The molecule has 0 unspecified atom stereocenters. The molecule has 0 amide bonds. The predicted octanol–water partition coefficient (Wildman–Crippen LogP) is 3.45. The average Bonchev–Trinajstić information content (AvgIpc) is 2.32. The van der Waals surface area contributed by atoms with E-state index in [1.807, 2.05) is 19.1 Å². The molecule has 88 valence electrons. The summed E-state index contributed by atoms with van der Waals surface area (Å²) in [6.07, 6.45) is 3.56. The molecule has 2 nitrogen and oxygen atoms in total. The number of hydrogen-bond acceptors (Lipinski definition) is 2. The van der Waals surface area contributed by atoms with E-state index in [2.05, 4.69) is 10.3 Å². The Bertz CT molecular complexity index is 523. The minimum Gasteiger partial charge on any atom is -0.380 e. The van der Waals surface area contributed by atoms with Crippen molar-refractivity contribution in [1.82, 2.24) is 4.98 Å². The highest BCUT2D eigenvalue weighted by Crippen LogP contribution is 2.14. The molecule has 0 saturated carbocycles. The zero-order valence-corrected chi connectivity index (χ0v) is 10.00. The SMILES string of the molecule is Cc1cc(CNc2cnccc2C)ccc1F. The Hall–Kier alpha value is -1.90. The van der Waals surface area contributed by atoms with E-state index < -0.39 is 0 Å². The fourth-order valence-corrected chi connectivity index (χ4v) is 1.66. The molecule has 2 rings (SSSR count). The Kier molecular flexibility index (Phi) is 3.38. The van der Waals surface area contributed by atoms with Crippen LogP contribution < -0.4 is 5.32 Å². The largest absolute Gasteiger partial charge is 0.380 e. The van der Waals surface area contributed by atoms with Crippen LogP contribution in [-0.4, -0.2) is 4.98 Å². The molecule has 1 aromatic carbocycles. The van der Waals surface area contributed by atoms with E-state index in [-0.39, 0.29) is 5.82 Å². The third kappa shape index (κ3) is 2.81. The van der Waals surface area contributed by atoms with Gasteiger partial charge in [-0.25, -0.2) is 4.39 Å². The van der Waals surface area contributed by atoms with Crippen molar-refractivity contribution >= 4 is 5.69 Å². The van der Waals surface area contributed by atoms with Crippen LogP contribution >= 0.6 is 0 Å². The molecule has 0 fully saturated rings. The topological polar surface area (TPSA) is 24.9 Å². The Morgan fingerprint density at radius 1 is 1.18 bits per heavy atom. The van der Waals surface area contributed by atoms with Gasteiger partial charge < -0.3 is 5.32 Å². The highest BCUT2D eigenvalue weighted by atomic mass is 19.1. The number of pyridine rings is 1. The zero-order valence-electron chi connectivity index (χ0n) is 10.00. The molecule has 0 atom stereocenters. The summed E-state index contributed by atoms with van der Waals surface area (Å²) in [6.45, 7) is 4.47. The quantitative estimate of drug-likeness (QED) is 0.873. The van der Waals surface area contributed by atoms with Crippen LogP contribution in [0.5, 0.6) is 0 Å². The zero-order chi connectivity index (χ0) is 12.3. The van der Waals surface area contributed by atoms with Gasteiger partial charge in [-0.15, -0.1) is 0 Å². The molecule has 0 aliphatic rings. The van der Waals surface area contributed by atoms with Crippen molar-refractivity contribution in [3.63, 3.8) is 0 Å². The van der Waals surface area contributed by atoms with E-state index >= 15 is 0 Å². The van der Waals surface area contributed by atoms with Crippen LogP contribution in [0, 0.1) is 19.7 Å². The first kappa shape index (κ1) is 11.6. The van der Waals surface area contributed by atoms with Crippen LogP contribution in [-0.2, 0) is 6.54 Å². The lowest BCUT2D eigenvalue weighted by molar-refractivity contribution is 0.617. The van der Waals surface area contributed by atoms with Gasteiger partial charge in [0.2, 0.25) is 0 Å². The van der Waals surface area contributed by atoms with Crippen molar-refractivity contribution in [3.8, 4) is 0 Å². The number of aryl methyl sites for hydroxylation is 2. The lowest BCUT2D eigenvalue weighted by atomic mass is 10.1. The second kappa shape index (κ2) is 4.95. The molecule has 0 aliphatic heterocycles. The first-order valence-corrected chi connectivity index (χ1v) is 5.56. The Balaban J connectivity index is 2.08. The Morgan fingerprint density at radius 3 is 2.71 bits per heavy atom. The van der Waals surface area contributed by atoms with Crippen molar-refractivity contribution in [1.29, 1.82) is 0 Å². The van der Waals surface area contributed by atoms with Gasteiger partial charge in [-0.1, -0.05) is 12.1 Å². The van der Waals surface area contributed by atoms with Crippen LogP contribution in [0.15, 0.2) is 36.7 Å². The molecule has 0 bridgehead atoms. The van der Waals surface area contributed by atoms with Gasteiger partial charge in [-0.3, -0.25) is 4.98 Å². The summed E-state index contributed by atoms with van der Waals surface area (Å²) in [5.74, 6) is -0.161. The van der Waals surface area contributed by atoms with Gasteiger partial charge in [0.1, 0.15) is 5.82 Å². The molecule has 1 heterocycles. The number of nitrogens with zero attached hydrogens (tertiary/aromatic N) is 1. The van der Waals surface area contributed by atoms with E-state index in [9.17, 15) is 4.39 Å². The van der Waals surface area contributed by atoms with Gasteiger partial charge in [0.15, 0.2) is 0 Å².